The molecule has 0 aromatic heterocycles. The van der Waals surface area contributed by atoms with E-state index >= 15 is 0 Å². The van der Waals surface area contributed by atoms with Crippen molar-refractivity contribution in [2.75, 3.05) is 6.54 Å². The summed E-state index contributed by atoms with van der Waals surface area (Å²) in [6.45, 7) is 0.776. The summed E-state index contributed by atoms with van der Waals surface area (Å²) in [5, 5.41) is 2.92. The van der Waals surface area contributed by atoms with Crippen molar-refractivity contribution in [3.8, 4) is 0 Å². The van der Waals surface area contributed by atoms with Crippen molar-refractivity contribution in [1.82, 2.24) is 10.2 Å². The van der Waals surface area contributed by atoms with E-state index < -0.39 is 5.54 Å². The van der Waals surface area contributed by atoms with E-state index in [1.165, 1.54) is 0 Å². The third-order valence-electron chi connectivity index (χ3n) is 3.80. The monoisotopic (exact) mass is 194 g/mol. The van der Waals surface area contributed by atoms with Crippen molar-refractivity contribution >= 4 is 11.8 Å². The number of piperazine rings is 1. The van der Waals surface area contributed by atoms with Crippen LogP contribution >= 0.6 is 0 Å². The van der Waals surface area contributed by atoms with Crippen molar-refractivity contribution in [1.29, 1.82) is 0 Å². The van der Waals surface area contributed by atoms with Crippen LogP contribution in [0.1, 0.15) is 32.1 Å². The van der Waals surface area contributed by atoms with Gasteiger partial charge in [0.05, 0.1) is 0 Å². The second-order valence-corrected chi connectivity index (χ2v) is 4.58. The largest absolute Gasteiger partial charge is 0.340 e. The number of nitrogens with one attached hydrogen (secondary N) is 1. The van der Waals surface area contributed by atoms with Crippen LogP contribution in [0.25, 0.3) is 0 Å². The minimum Gasteiger partial charge on any atom is -0.340 e. The zero-order valence-corrected chi connectivity index (χ0v) is 8.08. The molecule has 4 nitrogen and oxygen atoms in total. The lowest BCUT2D eigenvalue weighted by molar-refractivity contribution is -0.156. The lowest BCUT2D eigenvalue weighted by atomic mass is 9.74. The van der Waals surface area contributed by atoms with E-state index in [2.05, 4.69) is 5.32 Å². The van der Waals surface area contributed by atoms with Crippen molar-refractivity contribution in [2.24, 2.45) is 0 Å². The van der Waals surface area contributed by atoms with Crippen LogP contribution in [-0.4, -0.2) is 34.8 Å². The predicted molar refractivity (Wildman–Crippen MR) is 49.5 cm³/mol. The van der Waals surface area contributed by atoms with Crippen LogP contribution in [0.15, 0.2) is 0 Å². The number of carbonyl (C=O) groups excluding carboxylic acids is 2. The van der Waals surface area contributed by atoms with Gasteiger partial charge in [0.15, 0.2) is 0 Å². The molecule has 4 heteroatoms. The fraction of sp³-hybridized carbons (Fsp3) is 0.800. The molecule has 3 rings (SSSR count). The van der Waals surface area contributed by atoms with Crippen LogP contribution in [0.5, 0.6) is 0 Å². The molecule has 3 fully saturated rings. The fourth-order valence-electron chi connectivity index (χ4n) is 2.80. The zero-order chi connectivity index (χ0) is 9.76. The van der Waals surface area contributed by atoms with Gasteiger partial charge in [-0.2, -0.15) is 0 Å². The third kappa shape index (κ3) is 0.837. The van der Waals surface area contributed by atoms with Gasteiger partial charge in [0.2, 0.25) is 11.8 Å². The van der Waals surface area contributed by atoms with E-state index in [-0.39, 0.29) is 17.9 Å². The van der Waals surface area contributed by atoms with Crippen molar-refractivity contribution in [3.05, 3.63) is 0 Å². The Bertz CT molecular complexity index is 309. The summed E-state index contributed by atoms with van der Waals surface area (Å²) in [6, 6.07) is -0.159. The molecule has 2 saturated heterocycles. The minimum absolute atomic E-state index is 0.0711. The first-order valence-corrected chi connectivity index (χ1v) is 5.36. The van der Waals surface area contributed by atoms with Gasteiger partial charge < -0.3 is 10.2 Å². The van der Waals surface area contributed by atoms with Crippen LogP contribution in [0.3, 0.4) is 0 Å². The molecule has 2 heterocycles. The van der Waals surface area contributed by atoms with Crippen LogP contribution in [0, 0.1) is 0 Å². The highest BCUT2D eigenvalue weighted by atomic mass is 16.2. The zero-order valence-electron chi connectivity index (χ0n) is 8.08. The Morgan fingerprint density at radius 2 is 2.07 bits per heavy atom. The van der Waals surface area contributed by atoms with Gasteiger partial charge in [-0.1, -0.05) is 0 Å². The highest BCUT2D eigenvalue weighted by molar-refractivity contribution is 6.00. The number of hydrogen-bond donors (Lipinski definition) is 1. The quantitative estimate of drug-likeness (QED) is 0.591. The van der Waals surface area contributed by atoms with E-state index in [9.17, 15) is 9.59 Å². The summed E-state index contributed by atoms with van der Waals surface area (Å²) in [7, 11) is 0. The Kier molecular flexibility index (Phi) is 1.47. The Morgan fingerprint density at radius 1 is 1.29 bits per heavy atom. The van der Waals surface area contributed by atoms with E-state index in [0.29, 0.717) is 0 Å². The maximum atomic E-state index is 12.1. The first-order valence-electron chi connectivity index (χ1n) is 5.36. The van der Waals surface area contributed by atoms with Crippen LogP contribution in [0.4, 0.5) is 0 Å². The molecule has 76 valence electrons. The van der Waals surface area contributed by atoms with E-state index in [4.69, 9.17) is 0 Å². The second kappa shape index (κ2) is 2.49. The first kappa shape index (κ1) is 8.26. The molecule has 0 aromatic carbocycles. The first-order chi connectivity index (χ1) is 6.73. The van der Waals surface area contributed by atoms with E-state index in [0.717, 1.165) is 38.6 Å². The molecule has 1 N–H and O–H groups in total. The normalized spacial score (nSPS) is 34.0. The van der Waals surface area contributed by atoms with Gasteiger partial charge in [-0.25, -0.2) is 0 Å². The molecular formula is C10H14N2O2. The molecule has 0 radical (unpaired) electrons. The number of carbonyl (C=O) groups is 2. The molecule has 2 aliphatic heterocycles. The molecule has 14 heavy (non-hydrogen) atoms. The summed E-state index contributed by atoms with van der Waals surface area (Å²) in [5.74, 6) is 0.243. The summed E-state index contributed by atoms with van der Waals surface area (Å²) in [4.78, 5) is 25.6. The molecular weight excluding hydrogens is 180 g/mol. The standard InChI is InChI=1S/C10H14N2O2/c13-8-7-3-1-6-12(7)9(14)10(11-8)4-2-5-10/h7H,1-6H2,(H,11,13)/t7-/m1/s1. The van der Waals surface area contributed by atoms with E-state index in [1.807, 2.05) is 0 Å². The van der Waals surface area contributed by atoms with Crippen LogP contribution < -0.4 is 5.32 Å². The molecule has 1 atom stereocenters. The van der Waals surface area contributed by atoms with Gasteiger partial charge in [-0.3, -0.25) is 9.59 Å². The maximum Gasteiger partial charge on any atom is 0.249 e. The van der Waals surface area contributed by atoms with Crippen LogP contribution in [-0.2, 0) is 9.59 Å². The number of rotatable bonds is 0. The summed E-state index contributed by atoms with van der Waals surface area (Å²) in [5.41, 5.74) is -0.488. The molecule has 3 aliphatic rings. The van der Waals surface area contributed by atoms with Crippen molar-refractivity contribution in [2.45, 2.75) is 43.7 Å². The fourth-order valence-corrected chi connectivity index (χ4v) is 2.80. The highest BCUT2D eigenvalue weighted by Gasteiger charge is 2.54. The van der Waals surface area contributed by atoms with Gasteiger partial charge in [0, 0.05) is 6.54 Å². The second-order valence-electron chi connectivity index (χ2n) is 4.58. The number of nitrogens with zero attached hydrogens (tertiary/aromatic N) is 1. The molecule has 0 bridgehead atoms. The lowest BCUT2D eigenvalue weighted by Crippen LogP contribution is -2.71. The number of hydrogen-bond acceptors (Lipinski definition) is 2. The van der Waals surface area contributed by atoms with Crippen molar-refractivity contribution in [3.63, 3.8) is 0 Å². The summed E-state index contributed by atoms with van der Waals surface area (Å²) in [6.07, 6.45) is 4.54. The molecule has 0 aromatic rings. The summed E-state index contributed by atoms with van der Waals surface area (Å²) < 4.78 is 0. The van der Waals surface area contributed by atoms with Gasteiger partial charge in [0.1, 0.15) is 11.6 Å². The average molecular weight is 194 g/mol. The predicted octanol–water partition coefficient (Wildman–Crippen LogP) is 0.0299. The lowest BCUT2D eigenvalue weighted by Gasteiger charge is -2.48. The Hall–Kier alpha value is -1.06. The van der Waals surface area contributed by atoms with Crippen molar-refractivity contribution < 1.29 is 9.59 Å². The Morgan fingerprint density at radius 3 is 2.71 bits per heavy atom. The highest BCUT2D eigenvalue weighted by Crippen LogP contribution is 2.38. The number of amides is 2. The van der Waals surface area contributed by atoms with Gasteiger partial charge in [-0.05, 0) is 32.1 Å². The Balaban J connectivity index is 1.93. The number of fused-ring (bicyclic) bond motifs is 1. The van der Waals surface area contributed by atoms with E-state index in [1.54, 1.807) is 4.90 Å². The van der Waals surface area contributed by atoms with Gasteiger partial charge >= 0.3 is 0 Å². The molecule has 0 unspecified atom stereocenters. The van der Waals surface area contributed by atoms with Gasteiger partial charge in [-0.15, -0.1) is 0 Å². The SMILES string of the molecule is O=C1NC2(CCC2)C(=O)N2CCC[C@H]12. The average Bonchev–Trinajstić information content (AvgIpc) is 2.57. The molecule has 1 aliphatic carbocycles. The minimum atomic E-state index is -0.488. The third-order valence-corrected chi connectivity index (χ3v) is 3.80. The Labute approximate surface area is 82.6 Å². The topological polar surface area (TPSA) is 49.4 Å². The molecule has 1 saturated carbocycles. The van der Waals surface area contributed by atoms with Crippen LogP contribution in [0.2, 0.25) is 0 Å². The molecule has 2 amide bonds. The smallest absolute Gasteiger partial charge is 0.249 e. The maximum absolute atomic E-state index is 12.1. The summed E-state index contributed by atoms with van der Waals surface area (Å²) >= 11 is 0. The molecule has 1 spiro atoms. The van der Waals surface area contributed by atoms with Gasteiger partial charge in [0.25, 0.3) is 0 Å².